The first-order valence-corrected chi connectivity index (χ1v) is 7.89. The summed E-state index contributed by atoms with van der Waals surface area (Å²) in [6, 6.07) is 6.69. The number of nitrogens with zero attached hydrogens (tertiary/aromatic N) is 2. The van der Waals surface area contributed by atoms with Gasteiger partial charge in [-0.2, -0.15) is 16.9 Å². The molecule has 0 saturated heterocycles. The van der Waals surface area contributed by atoms with Gasteiger partial charge in [-0.05, 0) is 38.3 Å². The minimum absolute atomic E-state index is 0.315. The Labute approximate surface area is 118 Å². The summed E-state index contributed by atoms with van der Waals surface area (Å²) in [6.07, 6.45) is 5.88. The van der Waals surface area contributed by atoms with Gasteiger partial charge in [0, 0.05) is 18.4 Å². The van der Waals surface area contributed by atoms with Crippen LogP contribution in [0.25, 0.3) is 0 Å². The van der Waals surface area contributed by atoms with Gasteiger partial charge in [0.05, 0.1) is 18.3 Å². The maximum absolute atomic E-state index is 5.74. The molecule has 0 unspecified atom stereocenters. The van der Waals surface area contributed by atoms with Crippen molar-refractivity contribution in [2.75, 3.05) is 6.26 Å². The molecule has 0 amide bonds. The van der Waals surface area contributed by atoms with E-state index in [4.69, 9.17) is 4.42 Å². The van der Waals surface area contributed by atoms with Gasteiger partial charge in [0.2, 0.25) is 0 Å². The Balaban J connectivity index is 1.84. The lowest BCUT2D eigenvalue weighted by Crippen LogP contribution is -2.33. The number of hydrogen-bond acceptors (Lipinski definition) is 4. The van der Waals surface area contributed by atoms with Crippen molar-refractivity contribution in [1.82, 2.24) is 15.1 Å². The van der Waals surface area contributed by atoms with Crippen molar-refractivity contribution in [1.29, 1.82) is 0 Å². The minimum atomic E-state index is 0.315. The molecule has 2 aromatic rings. The van der Waals surface area contributed by atoms with Crippen LogP contribution in [0.3, 0.4) is 0 Å². The first-order chi connectivity index (χ1) is 9.20. The van der Waals surface area contributed by atoms with Crippen LogP contribution >= 0.6 is 11.8 Å². The molecule has 0 radical (unpaired) electrons. The molecule has 0 aliphatic heterocycles. The molecular formula is C14H21N3OS. The van der Waals surface area contributed by atoms with Crippen molar-refractivity contribution in [2.24, 2.45) is 0 Å². The molecule has 2 atom stereocenters. The fraction of sp³-hybridized carbons (Fsp3) is 0.500. The topological polar surface area (TPSA) is 43.0 Å². The maximum Gasteiger partial charge on any atom is 0.118 e. The lowest BCUT2D eigenvalue weighted by molar-refractivity contribution is 0.349. The normalized spacial score (nSPS) is 14.5. The molecule has 4 nitrogen and oxygen atoms in total. The Hall–Kier alpha value is -1.20. The average Bonchev–Trinajstić information content (AvgIpc) is 3.06. The van der Waals surface area contributed by atoms with E-state index in [1.807, 2.05) is 29.2 Å². The van der Waals surface area contributed by atoms with Gasteiger partial charge in [-0.15, -0.1) is 0 Å². The summed E-state index contributed by atoms with van der Waals surface area (Å²) in [6.45, 7) is 5.07. The fourth-order valence-electron chi connectivity index (χ4n) is 1.92. The SMILES string of the molecule is CSCc1ccc(CN[C@H](C)[C@@H](C)n2cccn2)o1. The van der Waals surface area contributed by atoms with E-state index in [0.29, 0.717) is 12.1 Å². The highest BCUT2D eigenvalue weighted by atomic mass is 32.2. The molecule has 0 aliphatic carbocycles. The van der Waals surface area contributed by atoms with E-state index in [1.165, 1.54) is 0 Å². The van der Waals surface area contributed by atoms with Gasteiger partial charge in [-0.1, -0.05) is 0 Å². The second-order valence-electron chi connectivity index (χ2n) is 4.70. The predicted octanol–water partition coefficient (Wildman–Crippen LogP) is 3.08. The smallest absolute Gasteiger partial charge is 0.118 e. The fourth-order valence-corrected chi connectivity index (χ4v) is 2.36. The van der Waals surface area contributed by atoms with E-state index in [2.05, 4.69) is 36.6 Å². The lowest BCUT2D eigenvalue weighted by Gasteiger charge is -2.21. The van der Waals surface area contributed by atoms with Gasteiger partial charge in [0.1, 0.15) is 11.5 Å². The summed E-state index contributed by atoms with van der Waals surface area (Å²) in [5, 5.41) is 7.75. The minimum Gasteiger partial charge on any atom is -0.464 e. The molecule has 5 heteroatoms. The standard InChI is InChI=1S/C14H21N3OS/c1-11(12(2)17-8-4-7-16-17)15-9-13-5-6-14(18-13)10-19-3/h4-8,11-12,15H,9-10H2,1-3H3/t11-,12-/m1/s1. The molecule has 19 heavy (non-hydrogen) atoms. The van der Waals surface area contributed by atoms with Crippen molar-refractivity contribution in [3.8, 4) is 0 Å². The first-order valence-electron chi connectivity index (χ1n) is 6.49. The molecule has 1 N–H and O–H groups in total. The molecule has 0 fully saturated rings. The maximum atomic E-state index is 5.74. The van der Waals surface area contributed by atoms with E-state index >= 15 is 0 Å². The summed E-state index contributed by atoms with van der Waals surface area (Å²) in [5.74, 6) is 2.96. The van der Waals surface area contributed by atoms with Gasteiger partial charge >= 0.3 is 0 Å². The largest absolute Gasteiger partial charge is 0.464 e. The Bertz CT molecular complexity index is 481. The molecule has 2 aromatic heterocycles. The number of aromatic nitrogens is 2. The van der Waals surface area contributed by atoms with Crippen molar-refractivity contribution >= 4 is 11.8 Å². The van der Waals surface area contributed by atoms with Crippen LogP contribution in [-0.4, -0.2) is 22.1 Å². The summed E-state index contributed by atoms with van der Waals surface area (Å²) in [7, 11) is 0. The zero-order valence-corrected chi connectivity index (χ0v) is 12.5. The highest BCUT2D eigenvalue weighted by Gasteiger charge is 2.14. The lowest BCUT2D eigenvalue weighted by atomic mass is 10.2. The monoisotopic (exact) mass is 279 g/mol. The van der Waals surface area contributed by atoms with Crippen LogP contribution in [0.15, 0.2) is 35.0 Å². The van der Waals surface area contributed by atoms with Crippen LogP contribution < -0.4 is 5.32 Å². The highest BCUT2D eigenvalue weighted by Crippen LogP contribution is 2.14. The third kappa shape index (κ3) is 3.88. The van der Waals surface area contributed by atoms with E-state index in [0.717, 1.165) is 23.8 Å². The zero-order valence-electron chi connectivity index (χ0n) is 11.7. The third-order valence-corrected chi connectivity index (χ3v) is 3.84. The van der Waals surface area contributed by atoms with Gasteiger partial charge in [-0.25, -0.2) is 0 Å². The number of furan rings is 1. The van der Waals surface area contributed by atoms with Crippen LogP contribution in [-0.2, 0) is 12.3 Å². The number of rotatable bonds is 7. The molecule has 104 valence electrons. The van der Waals surface area contributed by atoms with E-state index in [9.17, 15) is 0 Å². The zero-order chi connectivity index (χ0) is 13.7. The number of thioether (sulfide) groups is 1. The summed E-state index contributed by atoms with van der Waals surface area (Å²) >= 11 is 1.77. The molecular weight excluding hydrogens is 258 g/mol. The quantitative estimate of drug-likeness (QED) is 0.846. The molecule has 0 bridgehead atoms. The van der Waals surface area contributed by atoms with Gasteiger partial charge in [-0.3, -0.25) is 4.68 Å². The molecule has 0 saturated carbocycles. The van der Waals surface area contributed by atoms with Crippen molar-refractivity contribution in [3.05, 3.63) is 42.1 Å². The molecule has 0 aromatic carbocycles. The predicted molar refractivity (Wildman–Crippen MR) is 79.2 cm³/mol. The summed E-state index contributed by atoms with van der Waals surface area (Å²) in [4.78, 5) is 0. The summed E-state index contributed by atoms with van der Waals surface area (Å²) in [5.41, 5.74) is 0. The molecule has 0 spiro atoms. The van der Waals surface area contributed by atoms with E-state index in [-0.39, 0.29) is 0 Å². The van der Waals surface area contributed by atoms with E-state index in [1.54, 1.807) is 11.8 Å². The van der Waals surface area contributed by atoms with Crippen molar-refractivity contribution in [2.45, 2.75) is 38.2 Å². The Morgan fingerprint density at radius 3 is 2.84 bits per heavy atom. The second-order valence-corrected chi connectivity index (χ2v) is 5.56. The van der Waals surface area contributed by atoms with Crippen LogP contribution in [0.4, 0.5) is 0 Å². The Morgan fingerprint density at radius 2 is 2.16 bits per heavy atom. The average molecular weight is 279 g/mol. The van der Waals surface area contributed by atoms with Crippen LogP contribution in [0.1, 0.15) is 31.4 Å². The molecule has 0 aliphatic rings. The van der Waals surface area contributed by atoms with Crippen LogP contribution in [0.5, 0.6) is 0 Å². The molecule has 2 rings (SSSR count). The first kappa shape index (κ1) is 14.2. The van der Waals surface area contributed by atoms with Crippen molar-refractivity contribution < 1.29 is 4.42 Å². The van der Waals surface area contributed by atoms with Gasteiger partial charge in [0.15, 0.2) is 0 Å². The Morgan fingerprint density at radius 1 is 1.37 bits per heavy atom. The van der Waals surface area contributed by atoms with Gasteiger partial charge in [0.25, 0.3) is 0 Å². The van der Waals surface area contributed by atoms with Crippen molar-refractivity contribution in [3.63, 3.8) is 0 Å². The van der Waals surface area contributed by atoms with Crippen LogP contribution in [0, 0.1) is 0 Å². The summed E-state index contributed by atoms with van der Waals surface area (Å²) < 4.78 is 7.71. The third-order valence-electron chi connectivity index (χ3n) is 3.27. The molecule has 2 heterocycles. The number of hydrogen-bond donors (Lipinski definition) is 1. The Kier molecular flexibility index (Phi) is 5.10. The van der Waals surface area contributed by atoms with Gasteiger partial charge < -0.3 is 9.73 Å². The number of nitrogens with one attached hydrogen (secondary N) is 1. The van der Waals surface area contributed by atoms with Crippen LogP contribution in [0.2, 0.25) is 0 Å². The second kappa shape index (κ2) is 6.82. The highest BCUT2D eigenvalue weighted by molar-refractivity contribution is 7.97. The van der Waals surface area contributed by atoms with E-state index < -0.39 is 0 Å².